The van der Waals surface area contributed by atoms with Crippen LogP contribution in [0, 0.1) is 6.92 Å². The number of ether oxygens (including phenoxy) is 1. The van der Waals surface area contributed by atoms with Crippen molar-refractivity contribution < 1.29 is 4.74 Å². The van der Waals surface area contributed by atoms with Crippen LogP contribution in [0.5, 0.6) is 0 Å². The van der Waals surface area contributed by atoms with Crippen LogP contribution >= 0.6 is 11.3 Å². The van der Waals surface area contributed by atoms with Crippen molar-refractivity contribution in [2.45, 2.75) is 19.9 Å². The van der Waals surface area contributed by atoms with Crippen molar-refractivity contribution >= 4 is 16.5 Å². The molecule has 1 aliphatic rings. The summed E-state index contributed by atoms with van der Waals surface area (Å²) in [7, 11) is 0. The van der Waals surface area contributed by atoms with E-state index in [0.29, 0.717) is 6.04 Å². The molecule has 0 aromatic carbocycles. The molecule has 1 fully saturated rings. The molecule has 1 N–H and O–H groups in total. The Morgan fingerprint density at radius 1 is 1.56 bits per heavy atom. The summed E-state index contributed by atoms with van der Waals surface area (Å²) in [4.78, 5) is 2.30. The van der Waals surface area contributed by atoms with Crippen LogP contribution in [-0.2, 0) is 4.74 Å². The molecule has 1 atom stereocenters. The smallest absolute Gasteiger partial charge is 0.208 e. The number of nitrogens with one attached hydrogen (secondary N) is 1. The third-order valence-electron chi connectivity index (χ3n) is 2.62. The van der Waals surface area contributed by atoms with Crippen molar-refractivity contribution in [1.82, 2.24) is 15.5 Å². The standard InChI is InChI=1S/C10H18N4OS/c1-3-11-6-9-7-15-5-4-14(9)10-13-12-8(2)16-10/h9,11H,3-7H2,1-2H3. The minimum absolute atomic E-state index is 0.376. The maximum Gasteiger partial charge on any atom is 0.208 e. The summed E-state index contributed by atoms with van der Waals surface area (Å²) < 4.78 is 5.51. The highest BCUT2D eigenvalue weighted by molar-refractivity contribution is 7.15. The summed E-state index contributed by atoms with van der Waals surface area (Å²) in [6, 6.07) is 0.376. The fourth-order valence-corrected chi connectivity index (χ4v) is 2.57. The molecule has 0 spiro atoms. The molecule has 16 heavy (non-hydrogen) atoms. The molecule has 6 heteroatoms. The first-order valence-corrected chi connectivity index (χ1v) is 6.48. The number of nitrogens with zero attached hydrogens (tertiary/aromatic N) is 3. The minimum atomic E-state index is 0.376. The molecule has 2 heterocycles. The van der Waals surface area contributed by atoms with Gasteiger partial charge in [0.2, 0.25) is 5.13 Å². The van der Waals surface area contributed by atoms with Gasteiger partial charge in [0.25, 0.3) is 0 Å². The SMILES string of the molecule is CCNCC1COCCN1c1nnc(C)s1. The van der Waals surface area contributed by atoms with Crippen LogP contribution in [-0.4, -0.2) is 49.1 Å². The fourth-order valence-electron chi connectivity index (χ4n) is 1.79. The first-order chi connectivity index (χ1) is 7.81. The van der Waals surface area contributed by atoms with Gasteiger partial charge < -0.3 is 15.0 Å². The van der Waals surface area contributed by atoms with E-state index in [9.17, 15) is 0 Å². The Morgan fingerprint density at radius 2 is 2.44 bits per heavy atom. The summed E-state index contributed by atoms with van der Waals surface area (Å²) in [5.41, 5.74) is 0. The maximum atomic E-state index is 5.51. The second-order valence-electron chi connectivity index (χ2n) is 3.83. The van der Waals surface area contributed by atoms with E-state index in [1.54, 1.807) is 11.3 Å². The zero-order chi connectivity index (χ0) is 11.4. The number of hydrogen-bond acceptors (Lipinski definition) is 6. The first kappa shape index (κ1) is 11.8. The van der Waals surface area contributed by atoms with Crippen molar-refractivity contribution in [1.29, 1.82) is 0 Å². The van der Waals surface area contributed by atoms with Gasteiger partial charge in [0, 0.05) is 13.1 Å². The Balaban J connectivity index is 2.04. The summed E-state index contributed by atoms with van der Waals surface area (Å²) in [5, 5.41) is 13.7. The molecule has 1 aromatic heterocycles. The van der Waals surface area contributed by atoms with Gasteiger partial charge >= 0.3 is 0 Å². The monoisotopic (exact) mass is 242 g/mol. The van der Waals surface area contributed by atoms with Gasteiger partial charge in [-0.25, -0.2) is 0 Å². The Hall–Kier alpha value is -0.720. The lowest BCUT2D eigenvalue weighted by Gasteiger charge is -2.35. The minimum Gasteiger partial charge on any atom is -0.377 e. The van der Waals surface area contributed by atoms with Gasteiger partial charge in [-0.1, -0.05) is 18.3 Å². The van der Waals surface area contributed by atoms with Crippen molar-refractivity contribution in [2.75, 3.05) is 37.7 Å². The van der Waals surface area contributed by atoms with E-state index in [1.807, 2.05) is 6.92 Å². The molecule has 1 unspecified atom stereocenters. The van der Waals surface area contributed by atoms with Crippen LogP contribution in [0.25, 0.3) is 0 Å². The summed E-state index contributed by atoms with van der Waals surface area (Å²) in [6.07, 6.45) is 0. The predicted molar refractivity (Wildman–Crippen MR) is 65.1 cm³/mol. The highest BCUT2D eigenvalue weighted by Gasteiger charge is 2.25. The highest BCUT2D eigenvalue weighted by atomic mass is 32.1. The molecular weight excluding hydrogens is 224 g/mol. The lowest BCUT2D eigenvalue weighted by molar-refractivity contribution is 0.0938. The third kappa shape index (κ3) is 2.69. The van der Waals surface area contributed by atoms with Gasteiger partial charge in [-0.2, -0.15) is 0 Å². The number of anilines is 1. The molecule has 1 aliphatic heterocycles. The molecule has 2 rings (SSSR count). The highest BCUT2D eigenvalue weighted by Crippen LogP contribution is 2.23. The van der Waals surface area contributed by atoms with E-state index >= 15 is 0 Å². The zero-order valence-electron chi connectivity index (χ0n) is 9.77. The van der Waals surface area contributed by atoms with E-state index in [4.69, 9.17) is 4.74 Å². The molecule has 90 valence electrons. The van der Waals surface area contributed by atoms with Crippen molar-refractivity contribution in [3.05, 3.63) is 5.01 Å². The lowest BCUT2D eigenvalue weighted by atomic mass is 10.2. The van der Waals surface area contributed by atoms with E-state index in [1.165, 1.54) is 0 Å². The molecule has 1 aromatic rings. The largest absolute Gasteiger partial charge is 0.377 e. The average molecular weight is 242 g/mol. The molecule has 0 bridgehead atoms. The Labute approximate surface area is 99.8 Å². The van der Waals surface area contributed by atoms with E-state index in [-0.39, 0.29) is 0 Å². The number of rotatable bonds is 4. The molecule has 0 aliphatic carbocycles. The van der Waals surface area contributed by atoms with Gasteiger partial charge in [0.15, 0.2) is 0 Å². The maximum absolute atomic E-state index is 5.51. The van der Waals surface area contributed by atoms with E-state index in [0.717, 1.165) is 43.0 Å². The molecule has 1 saturated heterocycles. The van der Waals surface area contributed by atoms with Crippen LogP contribution in [0.1, 0.15) is 11.9 Å². The number of aryl methyl sites for hydroxylation is 1. The molecule has 0 amide bonds. The summed E-state index contributed by atoms with van der Waals surface area (Å²) in [5.74, 6) is 0. The molecule has 0 radical (unpaired) electrons. The fraction of sp³-hybridized carbons (Fsp3) is 0.800. The topological polar surface area (TPSA) is 50.3 Å². The molecular formula is C10H18N4OS. The second kappa shape index (κ2) is 5.56. The van der Waals surface area contributed by atoms with Crippen molar-refractivity contribution in [2.24, 2.45) is 0 Å². The van der Waals surface area contributed by atoms with Crippen LogP contribution in [0.4, 0.5) is 5.13 Å². The Kier molecular flexibility index (Phi) is 4.09. The van der Waals surface area contributed by atoms with Crippen LogP contribution in [0.2, 0.25) is 0 Å². The predicted octanol–water partition coefficient (Wildman–Crippen LogP) is 0.661. The van der Waals surface area contributed by atoms with Gasteiger partial charge in [0.05, 0.1) is 19.3 Å². The van der Waals surface area contributed by atoms with Crippen molar-refractivity contribution in [3.8, 4) is 0 Å². The van der Waals surface area contributed by atoms with Gasteiger partial charge in [-0.05, 0) is 13.5 Å². The summed E-state index contributed by atoms with van der Waals surface area (Å²) >= 11 is 1.65. The Bertz CT molecular complexity index is 330. The number of aromatic nitrogens is 2. The molecule has 5 nitrogen and oxygen atoms in total. The normalized spacial score (nSPS) is 21.4. The van der Waals surface area contributed by atoms with Gasteiger partial charge in [-0.15, -0.1) is 10.2 Å². The van der Waals surface area contributed by atoms with E-state index < -0.39 is 0 Å². The Morgan fingerprint density at radius 3 is 3.12 bits per heavy atom. The average Bonchev–Trinajstić information content (AvgIpc) is 2.73. The van der Waals surface area contributed by atoms with Crippen LogP contribution in [0.15, 0.2) is 0 Å². The number of morpholine rings is 1. The third-order valence-corrected chi connectivity index (χ3v) is 3.49. The first-order valence-electron chi connectivity index (χ1n) is 5.66. The molecule has 0 saturated carbocycles. The van der Waals surface area contributed by atoms with Gasteiger partial charge in [-0.3, -0.25) is 0 Å². The van der Waals surface area contributed by atoms with Crippen LogP contribution < -0.4 is 10.2 Å². The second-order valence-corrected chi connectivity index (χ2v) is 4.99. The number of likely N-dealkylation sites (N-methyl/N-ethyl adjacent to an activating group) is 1. The van der Waals surface area contributed by atoms with Crippen molar-refractivity contribution in [3.63, 3.8) is 0 Å². The van der Waals surface area contributed by atoms with Gasteiger partial charge in [0.1, 0.15) is 5.01 Å². The van der Waals surface area contributed by atoms with Crippen LogP contribution in [0.3, 0.4) is 0 Å². The number of hydrogen-bond donors (Lipinski definition) is 1. The van der Waals surface area contributed by atoms with E-state index in [2.05, 4.69) is 27.3 Å². The lowest BCUT2D eigenvalue weighted by Crippen LogP contribution is -2.50. The zero-order valence-corrected chi connectivity index (χ0v) is 10.6. The quantitative estimate of drug-likeness (QED) is 0.840. The summed E-state index contributed by atoms with van der Waals surface area (Å²) in [6.45, 7) is 8.48.